The highest BCUT2D eigenvalue weighted by molar-refractivity contribution is 5.23. The van der Waals surface area contributed by atoms with E-state index in [4.69, 9.17) is 9.15 Å². The molecule has 6 nitrogen and oxygen atoms in total. The normalized spacial score (nSPS) is 22.2. The third-order valence-corrected chi connectivity index (χ3v) is 4.61. The zero-order valence-corrected chi connectivity index (χ0v) is 14.0. The first kappa shape index (κ1) is 15.9. The molecule has 1 saturated heterocycles. The van der Waals surface area contributed by atoms with E-state index in [2.05, 4.69) is 27.0 Å². The highest BCUT2D eigenvalue weighted by Gasteiger charge is 2.32. The standard InChI is InChI=1S/C17H24N4O2/c1-4-16-19-20-17(23-16)15-6-5-7-21(12(15)2)11-13-8-14(22-3)10-18-9-13/h8-10,12,15H,4-7,11H2,1-3H3/t12-,15-/m0/s1. The van der Waals surface area contributed by atoms with E-state index < -0.39 is 0 Å². The predicted molar refractivity (Wildman–Crippen MR) is 86.3 cm³/mol. The number of rotatable bonds is 5. The minimum Gasteiger partial charge on any atom is -0.495 e. The minimum absolute atomic E-state index is 0.301. The SMILES string of the molecule is CCc1nnc([C@H]2CCCN(Cc3cncc(OC)c3)[C@H]2C)o1. The van der Waals surface area contributed by atoms with Crippen molar-refractivity contribution in [3.63, 3.8) is 0 Å². The number of likely N-dealkylation sites (tertiary alicyclic amines) is 1. The van der Waals surface area contributed by atoms with Crippen molar-refractivity contribution in [2.24, 2.45) is 0 Å². The molecule has 6 heteroatoms. The lowest BCUT2D eigenvalue weighted by Crippen LogP contribution is -2.41. The lowest BCUT2D eigenvalue weighted by molar-refractivity contribution is 0.118. The van der Waals surface area contributed by atoms with E-state index in [0.29, 0.717) is 12.0 Å². The number of hydrogen-bond donors (Lipinski definition) is 0. The smallest absolute Gasteiger partial charge is 0.221 e. The molecule has 1 aliphatic heterocycles. The van der Waals surface area contributed by atoms with Gasteiger partial charge in [0, 0.05) is 25.2 Å². The van der Waals surface area contributed by atoms with E-state index in [1.807, 2.05) is 19.2 Å². The van der Waals surface area contributed by atoms with Crippen molar-refractivity contribution in [2.45, 2.75) is 51.6 Å². The zero-order chi connectivity index (χ0) is 16.2. The maximum atomic E-state index is 5.80. The highest BCUT2D eigenvalue weighted by Crippen LogP contribution is 2.32. The summed E-state index contributed by atoms with van der Waals surface area (Å²) in [5, 5.41) is 8.37. The van der Waals surface area contributed by atoms with Crippen LogP contribution < -0.4 is 4.74 Å². The molecule has 2 aromatic rings. The van der Waals surface area contributed by atoms with E-state index in [1.165, 1.54) is 0 Å². The molecule has 0 unspecified atom stereocenters. The summed E-state index contributed by atoms with van der Waals surface area (Å²) in [5.41, 5.74) is 1.16. The van der Waals surface area contributed by atoms with Crippen molar-refractivity contribution < 1.29 is 9.15 Å². The monoisotopic (exact) mass is 316 g/mol. The third-order valence-electron chi connectivity index (χ3n) is 4.61. The molecular formula is C17H24N4O2. The molecule has 124 valence electrons. The van der Waals surface area contributed by atoms with Crippen molar-refractivity contribution in [3.8, 4) is 5.75 Å². The summed E-state index contributed by atoms with van der Waals surface area (Å²) < 4.78 is 11.1. The van der Waals surface area contributed by atoms with Crippen LogP contribution in [0.3, 0.4) is 0 Å². The van der Waals surface area contributed by atoms with E-state index in [1.54, 1.807) is 13.3 Å². The molecule has 0 aliphatic carbocycles. The Morgan fingerprint density at radius 2 is 2.22 bits per heavy atom. The Bertz CT molecular complexity index is 643. The molecule has 0 radical (unpaired) electrons. The van der Waals surface area contributed by atoms with Gasteiger partial charge in [-0.15, -0.1) is 10.2 Å². The quantitative estimate of drug-likeness (QED) is 0.845. The molecule has 0 N–H and O–H groups in total. The van der Waals surface area contributed by atoms with Gasteiger partial charge >= 0.3 is 0 Å². The van der Waals surface area contributed by atoms with Crippen LogP contribution in [0.15, 0.2) is 22.9 Å². The fourth-order valence-electron chi connectivity index (χ4n) is 3.22. The number of aromatic nitrogens is 3. The van der Waals surface area contributed by atoms with Crippen molar-refractivity contribution in [1.82, 2.24) is 20.1 Å². The van der Waals surface area contributed by atoms with Gasteiger partial charge in [0.05, 0.1) is 19.2 Å². The molecule has 1 fully saturated rings. The zero-order valence-electron chi connectivity index (χ0n) is 14.0. The second kappa shape index (κ2) is 7.08. The first-order valence-electron chi connectivity index (χ1n) is 8.25. The molecule has 0 aromatic carbocycles. The second-order valence-corrected chi connectivity index (χ2v) is 6.08. The molecule has 23 heavy (non-hydrogen) atoms. The van der Waals surface area contributed by atoms with Crippen molar-refractivity contribution in [1.29, 1.82) is 0 Å². The molecule has 2 atom stereocenters. The van der Waals surface area contributed by atoms with Crippen LogP contribution in [-0.2, 0) is 13.0 Å². The van der Waals surface area contributed by atoms with Crippen LogP contribution in [0, 0.1) is 0 Å². The lowest BCUT2D eigenvalue weighted by atomic mass is 9.90. The second-order valence-electron chi connectivity index (χ2n) is 6.08. The maximum Gasteiger partial charge on any atom is 0.221 e. The van der Waals surface area contributed by atoms with Crippen LogP contribution in [-0.4, -0.2) is 39.8 Å². The average molecular weight is 316 g/mol. The Labute approximate surface area is 136 Å². The van der Waals surface area contributed by atoms with Crippen LogP contribution >= 0.6 is 0 Å². The van der Waals surface area contributed by atoms with Crippen molar-refractivity contribution >= 4 is 0 Å². The van der Waals surface area contributed by atoms with Crippen LogP contribution in [0.5, 0.6) is 5.75 Å². The Balaban J connectivity index is 1.72. The van der Waals surface area contributed by atoms with Gasteiger partial charge in [-0.3, -0.25) is 9.88 Å². The van der Waals surface area contributed by atoms with Crippen LogP contribution in [0.4, 0.5) is 0 Å². The summed E-state index contributed by atoms with van der Waals surface area (Å²) in [5.74, 6) is 2.60. The maximum absolute atomic E-state index is 5.80. The van der Waals surface area contributed by atoms with Gasteiger partial charge in [0.25, 0.3) is 0 Å². The molecule has 2 aromatic heterocycles. The summed E-state index contributed by atoms with van der Waals surface area (Å²) in [6.45, 7) is 6.21. The molecule has 0 bridgehead atoms. The fourth-order valence-corrected chi connectivity index (χ4v) is 3.22. The summed E-state index contributed by atoms with van der Waals surface area (Å²) >= 11 is 0. The summed E-state index contributed by atoms with van der Waals surface area (Å²) in [4.78, 5) is 6.70. The van der Waals surface area contributed by atoms with Crippen LogP contribution in [0.2, 0.25) is 0 Å². The highest BCUT2D eigenvalue weighted by atomic mass is 16.5. The van der Waals surface area contributed by atoms with Crippen molar-refractivity contribution in [2.75, 3.05) is 13.7 Å². The molecule has 3 rings (SSSR count). The molecule has 0 saturated carbocycles. The van der Waals surface area contributed by atoms with Gasteiger partial charge in [0.1, 0.15) is 5.75 Å². The largest absolute Gasteiger partial charge is 0.495 e. The van der Waals surface area contributed by atoms with Gasteiger partial charge in [-0.05, 0) is 37.9 Å². The number of pyridine rings is 1. The Morgan fingerprint density at radius 3 is 2.96 bits per heavy atom. The third kappa shape index (κ3) is 3.52. The topological polar surface area (TPSA) is 64.3 Å². The van der Waals surface area contributed by atoms with E-state index >= 15 is 0 Å². The van der Waals surface area contributed by atoms with Crippen LogP contribution in [0.25, 0.3) is 0 Å². The number of methoxy groups -OCH3 is 1. The number of nitrogens with zero attached hydrogens (tertiary/aromatic N) is 4. The molecule has 1 aliphatic rings. The summed E-state index contributed by atoms with van der Waals surface area (Å²) in [6.07, 6.45) is 6.65. The molecular weight excluding hydrogens is 292 g/mol. The molecule has 0 spiro atoms. The minimum atomic E-state index is 0.301. The lowest BCUT2D eigenvalue weighted by Gasteiger charge is -2.37. The van der Waals surface area contributed by atoms with Gasteiger partial charge in [0.2, 0.25) is 11.8 Å². The molecule has 0 amide bonds. The Morgan fingerprint density at radius 1 is 1.35 bits per heavy atom. The number of piperidine rings is 1. The summed E-state index contributed by atoms with van der Waals surface area (Å²) in [7, 11) is 1.67. The van der Waals surface area contributed by atoms with Gasteiger partial charge in [-0.25, -0.2) is 0 Å². The van der Waals surface area contributed by atoms with Gasteiger partial charge < -0.3 is 9.15 Å². The molecule has 3 heterocycles. The first-order chi connectivity index (χ1) is 11.2. The fraction of sp³-hybridized carbons (Fsp3) is 0.588. The van der Waals surface area contributed by atoms with E-state index in [0.717, 1.165) is 55.4 Å². The van der Waals surface area contributed by atoms with Gasteiger partial charge in [-0.1, -0.05) is 6.92 Å². The Kier molecular flexibility index (Phi) is 4.91. The first-order valence-corrected chi connectivity index (χ1v) is 8.25. The van der Waals surface area contributed by atoms with Crippen LogP contribution in [0.1, 0.15) is 50.0 Å². The predicted octanol–water partition coefficient (Wildman–Crippen LogP) is 2.80. The number of aryl methyl sites for hydroxylation is 1. The number of hydrogen-bond acceptors (Lipinski definition) is 6. The summed E-state index contributed by atoms with van der Waals surface area (Å²) in [6, 6.07) is 2.41. The van der Waals surface area contributed by atoms with Gasteiger partial charge in [-0.2, -0.15) is 0 Å². The average Bonchev–Trinajstić information content (AvgIpc) is 3.06. The van der Waals surface area contributed by atoms with Gasteiger partial charge in [0.15, 0.2) is 0 Å². The Hall–Kier alpha value is -1.95. The van der Waals surface area contributed by atoms with Crippen molar-refractivity contribution in [3.05, 3.63) is 35.8 Å². The number of ether oxygens (including phenoxy) is 1. The van der Waals surface area contributed by atoms with E-state index in [9.17, 15) is 0 Å². The van der Waals surface area contributed by atoms with E-state index in [-0.39, 0.29) is 0 Å².